The predicted molar refractivity (Wildman–Crippen MR) is 149 cm³/mol. The molecule has 0 spiro atoms. The van der Waals surface area contributed by atoms with Gasteiger partial charge in [-0.3, -0.25) is 9.59 Å². The fourth-order valence-electron chi connectivity index (χ4n) is 4.21. The molecule has 0 saturated heterocycles. The maximum absolute atomic E-state index is 13.7. The number of benzene rings is 3. The Labute approximate surface area is 221 Å². The van der Waals surface area contributed by atoms with Gasteiger partial charge in [0.15, 0.2) is 0 Å². The summed E-state index contributed by atoms with van der Waals surface area (Å²) in [4.78, 5) is 29.0. The van der Waals surface area contributed by atoms with Crippen molar-refractivity contribution in [3.63, 3.8) is 0 Å². The van der Waals surface area contributed by atoms with E-state index in [1.807, 2.05) is 107 Å². The van der Waals surface area contributed by atoms with E-state index in [0.29, 0.717) is 32.4 Å². The molecule has 196 valence electrons. The Kier molecular flexibility index (Phi) is 9.90. The minimum atomic E-state index is -0.632. The molecule has 1 N–H and O–H groups in total. The summed E-state index contributed by atoms with van der Waals surface area (Å²) < 4.78 is 5.84. The lowest BCUT2D eigenvalue weighted by Crippen LogP contribution is -2.54. The van der Waals surface area contributed by atoms with Crippen LogP contribution >= 0.6 is 0 Å². The minimum absolute atomic E-state index is 0.0565. The van der Waals surface area contributed by atoms with E-state index in [4.69, 9.17) is 4.74 Å². The van der Waals surface area contributed by atoms with Crippen molar-refractivity contribution in [3.8, 4) is 5.75 Å². The second kappa shape index (κ2) is 13.1. The molecule has 3 aromatic rings. The largest absolute Gasteiger partial charge is 0.494 e. The number of ether oxygens (including phenoxy) is 1. The summed E-state index contributed by atoms with van der Waals surface area (Å²) in [5.74, 6) is 0.591. The van der Waals surface area contributed by atoms with Gasteiger partial charge in [-0.05, 0) is 64.3 Å². The van der Waals surface area contributed by atoms with Crippen LogP contribution in [0.2, 0.25) is 0 Å². The van der Waals surface area contributed by atoms with Gasteiger partial charge in [-0.15, -0.1) is 0 Å². The van der Waals surface area contributed by atoms with Gasteiger partial charge in [-0.2, -0.15) is 0 Å². The summed E-state index contributed by atoms with van der Waals surface area (Å²) >= 11 is 0. The molecule has 0 aliphatic heterocycles. The Hall–Kier alpha value is -3.60. The van der Waals surface area contributed by atoms with Gasteiger partial charge < -0.3 is 15.0 Å². The van der Waals surface area contributed by atoms with Crippen LogP contribution in [0, 0.1) is 13.8 Å². The molecular formula is C32H40N2O3. The highest BCUT2D eigenvalue weighted by Gasteiger charge is 2.32. The van der Waals surface area contributed by atoms with Gasteiger partial charge in [0.2, 0.25) is 11.8 Å². The lowest BCUT2D eigenvalue weighted by atomic mass is 10.00. The maximum atomic E-state index is 13.7. The van der Waals surface area contributed by atoms with Gasteiger partial charge in [0.25, 0.3) is 0 Å². The molecule has 0 aliphatic rings. The third-order valence-electron chi connectivity index (χ3n) is 6.03. The third kappa shape index (κ3) is 9.41. The molecule has 0 aromatic heterocycles. The SMILES string of the molecule is Cc1ccc(OCCCC(=O)N(Cc2cccc(C)c2)[C@@H](Cc2ccccc2)C(=O)NC(C)(C)C)cc1. The molecule has 0 saturated carbocycles. The van der Waals surface area contributed by atoms with Gasteiger partial charge in [-0.1, -0.05) is 77.9 Å². The van der Waals surface area contributed by atoms with Gasteiger partial charge in [-0.25, -0.2) is 0 Å². The van der Waals surface area contributed by atoms with Crippen molar-refractivity contribution in [2.24, 2.45) is 0 Å². The second-order valence-corrected chi connectivity index (χ2v) is 10.7. The molecule has 5 heteroatoms. The zero-order valence-corrected chi connectivity index (χ0v) is 22.8. The molecule has 1 atom stereocenters. The van der Waals surface area contributed by atoms with E-state index in [2.05, 4.69) is 11.4 Å². The van der Waals surface area contributed by atoms with E-state index in [0.717, 1.165) is 22.4 Å². The summed E-state index contributed by atoms with van der Waals surface area (Å²) in [5, 5.41) is 3.11. The van der Waals surface area contributed by atoms with Crippen LogP contribution in [0.4, 0.5) is 0 Å². The van der Waals surface area contributed by atoms with Crippen molar-refractivity contribution in [2.45, 2.75) is 72.0 Å². The smallest absolute Gasteiger partial charge is 0.243 e. The molecule has 0 heterocycles. The van der Waals surface area contributed by atoms with Crippen molar-refractivity contribution in [2.75, 3.05) is 6.61 Å². The molecule has 0 unspecified atom stereocenters. The number of carbonyl (C=O) groups excluding carboxylic acids is 2. The fourth-order valence-corrected chi connectivity index (χ4v) is 4.21. The molecule has 5 nitrogen and oxygen atoms in total. The van der Waals surface area contributed by atoms with E-state index >= 15 is 0 Å². The highest BCUT2D eigenvalue weighted by Crippen LogP contribution is 2.19. The lowest BCUT2D eigenvalue weighted by molar-refractivity contribution is -0.142. The van der Waals surface area contributed by atoms with Crippen molar-refractivity contribution >= 4 is 11.8 Å². The first-order valence-electron chi connectivity index (χ1n) is 13.0. The highest BCUT2D eigenvalue weighted by molar-refractivity contribution is 5.88. The van der Waals surface area contributed by atoms with E-state index in [9.17, 15) is 9.59 Å². The van der Waals surface area contributed by atoms with Crippen molar-refractivity contribution < 1.29 is 14.3 Å². The minimum Gasteiger partial charge on any atom is -0.494 e. The number of hydrogen-bond acceptors (Lipinski definition) is 3. The fraction of sp³-hybridized carbons (Fsp3) is 0.375. The normalized spacial score (nSPS) is 12.0. The van der Waals surface area contributed by atoms with E-state index < -0.39 is 11.6 Å². The standard InChI is InChI=1S/C32H40N2O3/c1-24-16-18-28(19-17-24)37-20-10-15-30(35)34(23-27-14-9-11-25(2)21-27)29(31(36)33-32(3,4)5)22-26-12-7-6-8-13-26/h6-9,11-14,16-19,21,29H,10,15,20,22-23H2,1-5H3,(H,33,36)/t29-/m0/s1. The van der Waals surface area contributed by atoms with Gasteiger partial charge >= 0.3 is 0 Å². The summed E-state index contributed by atoms with van der Waals surface area (Å²) in [5.41, 5.74) is 3.90. The molecular weight excluding hydrogens is 460 g/mol. The number of hydrogen-bond donors (Lipinski definition) is 1. The first-order chi connectivity index (χ1) is 17.6. The number of nitrogens with one attached hydrogen (secondary N) is 1. The van der Waals surface area contributed by atoms with Crippen LogP contribution in [0.25, 0.3) is 0 Å². The van der Waals surface area contributed by atoms with Crippen LogP contribution in [0.3, 0.4) is 0 Å². The number of amides is 2. The van der Waals surface area contributed by atoms with Crippen molar-refractivity contribution in [1.29, 1.82) is 0 Å². The zero-order chi connectivity index (χ0) is 26.8. The van der Waals surface area contributed by atoms with Gasteiger partial charge in [0.05, 0.1) is 6.61 Å². The molecule has 0 aliphatic carbocycles. The Balaban J connectivity index is 1.81. The average molecular weight is 501 g/mol. The first kappa shape index (κ1) is 28.0. The van der Waals surface area contributed by atoms with Crippen LogP contribution < -0.4 is 10.1 Å². The number of carbonyl (C=O) groups is 2. The van der Waals surface area contributed by atoms with Crippen LogP contribution in [0.1, 0.15) is 55.9 Å². The van der Waals surface area contributed by atoms with E-state index in [1.54, 1.807) is 4.90 Å². The molecule has 0 fully saturated rings. The summed E-state index contributed by atoms with van der Waals surface area (Å²) in [6.07, 6.45) is 1.31. The Morgan fingerprint density at radius 1 is 0.865 bits per heavy atom. The zero-order valence-electron chi connectivity index (χ0n) is 22.8. The first-order valence-corrected chi connectivity index (χ1v) is 13.0. The molecule has 0 bridgehead atoms. The summed E-state index contributed by atoms with van der Waals surface area (Å²) in [6, 6.07) is 25.2. The number of rotatable bonds is 11. The highest BCUT2D eigenvalue weighted by atomic mass is 16.5. The lowest BCUT2D eigenvalue weighted by Gasteiger charge is -2.34. The average Bonchev–Trinajstić information content (AvgIpc) is 2.84. The summed E-state index contributed by atoms with van der Waals surface area (Å²) in [7, 11) is 0. The quantitative estimate of drug-likeness (QED) is 0.328. The van der Waals surface area contributed by atoms with Crippen LogP contribution in [-0.2, 0) is 22.6 Å². The van der Waals surface area contributed by atoms with Crippen molar-refractivity contribution in [3.05, 3.63) is 101 Å². The monoisotopic (exact) mass is 500 g/mol. The Bertz CT molecular complexity index is 1150. The van der Waals surface area contributed by atoms with Crippen LogP contribution in [0.15, 0.2) is 78.9 Å². The Morgan fingerprint density at radius 3 is 2.19 bits per heavy atom. The van der Waals surface area contributed by atoms with E-state index in [1.165, 1.54) is 5.56 Å². The molecule has 3 aromatic carbocycles. The van der Waals surface area contributed by atoms with E-state index in [-0.39, 0.29) is 11.8 Å². The number of aryl methyl sites for hydroxylation is 2. The topological polar surface area (TPSA) is 58.6 Å². The van der Waals surface area contributed by atoms with Crippen LogP contribution in [-0.4, -0.2) is 34.9 Å². The number of nitrogens with zero attached hydrogens (tertiary/aromatic N) is 1. The van der Waals surface area contributed by atoms with Crippen LogP contribution in [0.5, 0.6) is 5.75 Å². The third-order valence-corrected chi connectivity index (χ3v) is 6.03. The molecule has 2 amide bonds. The molecule has 37 heavy (non-hydrogen) atoms. The second-order valence-electron chi connectivity index (χ2n) is 10.7. The van der Waals surface area contributed by atoms with Gasteiger partial charge in [0, 0.05) is 24.9 Å². The predicted octanol–water partition coefficient (Wildman–Crippen LogP) is 6.02. The van der Waals surface area contributed by atoms with Gasteiger partial charge in [0.1, 0.15) is 11.8 Å². The summed E-state index contributed by atoms with van der Waals surface area (Å²) in [6.45, 7) is 10.7. The molecule has 0 radical (unpaired) electrons. The van der Waals surface area contributed by atoms with Crippen molar-refractivity contribution in [1.82, 2.24) is 10.2 Å². The Morgan fingerprint density at radius 2 is 1.54 bits per heavy atom. The molecule has 3 rings (SSSR count). The maximum Gasteiger partial charge on any atom is 0.243 e.